The maximum atomic E-state index is 6.24. The Morgan fingerprint density at radius 3 is 2.58 bits per heavy atom. The third-order valence-electron chi connectivity index (χ3n) is 3.24. The fraction of sp³-hybridized carbons (Fsp3) is 0.600. The topological polar surface area (TPSA) is 21.3 Å². The molecule has 0 spiro atoms. The lowest BCUT2D eigenvalue weighted by Crippen LogP contribution is -2.42. The zero-order chi connectivity index (χ0) is 14.3. The van der Waals surface area contributed by atoms with E-state index in [0.717, 1.165) is 41.4 Å². The molecule has 0 radical (unpaired) electrons. The van der Waals surface area contributed by atoms with Gasteiger partial charge in [-0.15, -0.1) is 0 Å². The van der Waals surface area contributed by atoms with E-state index in [0.29, 0.717) is 0 Å². The first-order valence-electron chi connectivity index (χ1n) is 6.82. The van der Waals surface area contributed by atoms with Crippen LogP contribution in [0.25, 0.3) is 0 Å². The zero-order valence-electron chi connectivity index (χ0n) is 11.9. The van der Waals surface area contributed by atoms with Crippen molar-refractivity contribution in [2.45, 2.75) is 45.3 Å². The van der Waals surface area contributed by atoms with Gasteiger partial charge in [-0.25, -0.2) is 0 Å². The molecule has 2 atom stereocenters. The van der Waals surface area contributed by atoms with Crippen molar-refractivity contribution in [2.75, 3.05) is 13.7 Å². The summed E-state index contributed by atoms with van der Waals surface area (Å²) in [5, 5.41) is 4.97. The summed E-state index contributed by atoms with van der Waals surface area (Å²) in [6.07, 6.45) is 3.15. The van der Waals surface area contributed by atoms with Gasteiger partial charge >= 0.3 is 0 Å². The summed E-state index contributed by atoms with van der Waals surface area (Å²) in [4.78, 5) is 0. The number of ether oxygens (including phenoxy) is 1. The molecule has 108 valence electrons. The predicted octanol–water partition coefficient (Wildman–Crippen LogP) is 4.33. The highest BCUT2D eigenvalue weighted by Gasteiger charge is 2.21. The number of hydrogen-bond acceptors (Lipinski definition) is 2. The van der Waals surface area contributed by atoms with E-state index < -0.39 is 0 Å². The Morgan fingerprint density at radius 1 is 1.26 bits per heavy atom. The van der Waals surface area contributed by atoms with Gasteiger partial charge in [0.05, 0.1) is 6.10 Å². The van der Waals surface area contributed by atoms with Crippen LogP contribution in [-0.4, -0.2) is 25.8 Å². The molecule has 19 heavy (non-hydrogen) atoms. The fourth-order valence-corrected chi connectivity index (χ4v) is 2.69. The minimum absolute atomic E-state index is 0.194. The van der Waals surface area contributed by atoms with E-state index in [1.807, 2.05) is 18.2 Å². The number of hydrogen-bond donors (Lipinski definition) is 1. The number of likely N-dealkylation sites (N-methyl/N-ethyl adjacent to an activating group) is 1. The van der Waals surface area contributed by atoms with Crippen LogP contribution in [0, 0.1) is 0 Å². The average Bonchev–Trinajstić information content (AvgIpc) is 2.39. The summed E-state index contributed by atoms with van der Waals surface area (Å²) >= 11 is 12.3. The molecular weight excluding hydrogens is 281 g/mol. The third kappa shape index (κ3) is 5.31. The summed E-state index contributed by atoms with van der Waals surface area (Å²) in [6, 6.07) is 5.86. The van der Waals surface area contributed by atoms with Gasteiger partial charge in [-0.3, -0.25) is 0 Å². The molecule has 0 aliphatic heterocycles. The summed E-state index contributed by atoms with van der Waals surface area (Å²) in [5.74, 6) is 0. The van der Waals surface area contributed by atoms with Crippen LogP contribution in [0.2, 0.25) is 10.0 Å². The van der Waals surface area contributed by atoms with Gasteiger partial charge in [0.25, 0.3) is 0 Å². The van der Waals surface area contributed by atoms with Gasteiger partial charge in [0, 0.05) is 23.2 Å². The first-order valence-corrected chi connectivity index (χ1v) is 7.58. The number of halogens is 2. The van der Waals surface area contributed by atoms with Crippen LogP contribution in [0.3, 0.4) is 0 Å². The Morgan fingerprint density at radius 2 is 2.00 bits per heavy atom. The minimum Gasteiger partial charge on any atom is -0.380 e. The van der Waals surface area contributed by atoms with E-state index in [1.165, 1.54) is 0 Å². The second-order valence-electron chi connectivity index (χ2n) is 4.67. The monoisotopic (exact) mass is 303 g/mol. The van der Waals surface area contributed by atoms with Crippen LogP contribution >= 0.6 is 23.2 Å². The van der Waals surface area contributed by atoms with Crippen LogP contribution in [0.4, 0.5) is 0 Å². The summed E-state index contributed by atoms with van der Waals surface area (Å²) < 4.78 is 5.61. The molecule has 0 aliphatic rings. The van der Waals surface area contributed by atoms with Gasteiger partial charge in [-0.05, 0) is 43.1 Å². The first-order chi connectivity index (χ1) is 9.12. The summed E-state index contributed by atoms with van der Waals surface area (Å²) in [6.45, 7) is 5.18. The number of rotatable bonds is 8. The van der Waals surface area contributed by atoms with E-state index in [4.69, 9.17) is 27.9 Å². The fourth-order valence-electron chi connectivity index (χ4n) is 2.30. The van der Waals surface area contributed by atoms with E-state index in [9.17, 15) is 0 Å². The number of methoxy groups -OCH3 is 1. The smallest absolute Gasteiger partial charge is 0.0727 e. The zero-order valence-corrected chi connectivity index (χ0v) is 13.4. The molecule has 0 heterocycles. The van der Waals surface area contributed by atoms with E-state index in [2.05, 4.69) is 19.2 Å². The lowest BCUT2D eigenvalue weighted by molar-refractivity contribution is 0.0614. The SMILES string of the molecule is CCCC(OC)C(Cc1cc(Cl)ccc1Cl)NCC. The van der Waals surface area contributed by atoms with Crippen molar-refractivity contribution < 1.29 is 4.74 Å². The average molecular weight is 304 g/mol. The molecule has 0 saturated carbocycles. The molecule has 1 aromatic rings. The van der Waals surface area contributed by atoms with Gasteiger partial charge in [0.15, 0.2) is 0 Å². The van der Waals surface area contributed by atoms with Crippen molar-refractivity contribution >= 4 is 23.2 Å². The second kappa shape index (κ2) is 8.80. The normalized spacial score (nSPS) is 14.4. The molecule has 1 N–H and O–H groups in total. The summed E-state index contributed by atoms with van der Waals surface area (Å²) in [7, 11) is 1.77. The lowest BCUT2D eigenvalue weighted by Gasteiger charge is -2.27. The van der Waals surface area contributed by atoms with Crippen LogP contribution in [0.1, 0.15) is 32.3 Å². The molecule has 0 aliphatic carbocycles. The van der Waals surface area contributed by atoms with Gasteiger partial charge < -0.3 is 10.1 Å². The molecule has 2 nitrogen and oxygen atoms in total. The quantitative estimate of drug-likeness (QED) is 0.772. The molecule has 0 amide bonds. The molecule has 2 unspecified atom stereocenters. The Hall–Kier alpha value is -0.280. The van der Waals surface area contributed by atoms with Crippen LogP contribution < -0.4 is 5.32 Å². The van der Waals surface area contributed by atoms with E-state index in [-0.39, 0.29) is 12.1 Å². The highest BCUT2D eigenvalue weighted by Crippen LogP contribution is 2.23. The van der Waals surface area contributed by atoms with Gasteiger partial charge in [-0.2, -0.15) is 0 Å². The third-order valence-corrected chi connectivity index (χ3v) is 3.84. The van der Waals surface area contributed by atoms with Crippen LogP contribution in [-0.2, 0) is 11.2 Å². The van der Waals surface area contributed by atoms with E-state index >= 15 is 0 Å². The number of nitrogens with one attached hydrogen (secondary N) is 1. The summed E-state index contributed by atoms with van der Waals surface area (Å²) in [5.41, 5.74) is 1.07. The minimum atomic E-state index is 0.194. The van der Waals surface area contributed by atoms with Crippen LogP contribution in [0.15, 0.2) is 18.2 Å². The lowest BCUT2D eigenvalue weighted by atomic mass is 9.98. The largest absolute Gasteiger partial charge is 0.380 e. The second-order valence-corrected chi connectivity index (χ2v) is 5.51. The standard InChI is InChI=1S/C15H23Cl2NO/c1-4-6-15(19-3)14(18-5-2)10-11-9-12(16)7-8-13(11)17/h7-9,14-15,18H,4-6,10H2,1-3H3. The highest BCUT2D eigenvalue weighted by atomic mass is 35.5. The Bertz CT molecular complexity index is 384. The van der Waals surface area contributed by atoms with E-state index in [1.54, 1.807) is 7.11 Å². The maximum Gasteiger partial charge on any atom is 0.0727 e. The predicted molar refractivity (Wildman–Crippen MR) is 83.3 cm³/mol. The molecule has 0 bridgehead atoms. The van der Waals surface area contributed by atoms with Crippen LogP contribution in [0.5, 0.6) is 0 Å². The molecule has 0 saturated heterocycles. The van der Waals surface area contributed by atoms with Gasteiger partial charge in [0.2, 0.25) is 0 Å². The van der Waals surface area contributed by atoms with Crippen molar-refractivity contribution in [1.29, 1.82) is 0 Å². The molecule has 0 aromatic heterocycles. The Balaban J connectivity index is 2.84. The molecule has 1 rings (SSSR count). The van der Waals surface area contributed by atoms with Gasteiger partial charge in [-0.1, -0.05) is 43.5 Å². The Kier molecular flexibility index (Phi) is 7.77. The number of benzene rings is 1. The van der Waals surface area contributed by atoms with Crippen molar-refractivity contribution in [3.63, 3.8) is 0 Å². The highest BCUT2D eigenvalue weighted by molar-refractivity contribution is 6.33. The maximum absolute atomic E-state index is 6.24. The van der Waals surface area contributed by atoms with Gasteiger partial charge in [0.1, 0.15) is 0 Å². The molecule has 4 heteroatoms. The molecular formula is C15H23Cl2NO. The first kappa shape index (κ1) is 16.8. The molecule has 0 fully saturated rings. The van der Waals surface area contributed by atoms with Crippen molar-refractivity contribution in [1.82, 2.24) is 5.32 Å². The van der Waals surface area contributed by atoms with Crippen molar-refractivity contribution in [2.24, 2.45) is 0 Å². The Labute approximate surface area is 126 Å². The molecule has 1 aromatic carbocycles. The van der Waals surface area contributed by atoms with Crippen molar-refractivity contribution in [3.05, 3.63) is 33.8 Å². The van der Waals surface area contributed by atoms with Crippen molar-refractivity contribution in [3.8, 4) is 0 Å².